The number of ether oxygens (including phenoxy) is 1. The van der Waals surface area contributed by atoms with Crippen molar-refractivity contribution in [2.24, 2.45) is 5.92 Å². The molecule has 0 saturated carbocycles. The fourth-order valence-electron chi connectivity index (χ4n) is 4.19. The minimum absolute atomic E-state index is 0.0429. The van der Waals surface area contributed by atoms with Crippen molar-refractivity contribution in [1.82, 2.24) is 5.32 Å². The van der Waals surface area contributed by atoms with Gasteiger partial charge in [-0.2, -0.15) is 25.3 Å². The van der Waals surface area contributed by atoms with Gasteiger partial charge in [-0.3, -0.25) is 13.7 Å². The Kier molecular flexibility index (Phi) is 5.19. The lowest BCUT2D eigenvalue weighted by Crippen LogP contribution is -2.31. The highest BCUT2D eigenvalue weighted by Crippen LogP contribution is 2.53. The molecule has 2 unspecified atom stereocenters. The molecule has 3 aliphatic rings. The van der Waals surface area contributed by atoms with Crippen molar-refractivity contribution in [3.63, 3.8) is 0 Å². The van der Waals surface area contributed by atoms with Gasteiger partial charge in [0.2, 0.25) is 0 Å². The van der Waals surface area contributed by atoms with Gasteiger partial charge in [0.05, 0.1) is 0 Å². The van der Waals surface area contributed by atoms with Crippen LogP contribution in [0.15, 0.2) is 50.3 Å². The number of hydrogen-bond acceptors (Lipinski definition) is 8. The van der Waals surface area contributed by atoms with Crippen LogP contribution in [0.4, 0.5) is 4.79 Å². The molecule has 15 heteroatoms. The Morgan fingerprint density at radius 2 is 1.48 bits per heavy atom. The smallest absolute Gasteiger partial charge is 0.412 e. The van der Waals surface area contributed by atoms with E-state index >= 15 is 0 Å². The second-order valence-electron chi connectivity index (χ2n) is 7.24. The third-order valence-corrected chi connectivity index (χ3v) is 8.11. The van der Waals surface area contributed by atoms with E-state index in [1.54, 1.807) is 0 Å². The van der Waals surface area contributed by atoms with Gasteiger partial charge in [-0.25, -0.2) is 4.79 Å². The third-order valence-electron chi connectivity index (χ3n) is 5.41. The van der Waals surface area contributed by atoms with Crippen LogP contribution in [0.5, 0.6) is 0 Å². The number of carbonyl (C=O) groups excluding carboxylic acids is 1. The van der Waals surface area contributed by atoms with Gasteiger partial charge in [0, 0.05) is 24.4 Å². The number of benzene rings is 1. The van der Waals surface area contributed by atoms with Crippen LogP contribution in [0.25, 0.3) is 12.2 Å². The zero-order valence-corrected chi connectivity index (χ0v) is 18.9. The summed E-state index contributed by atoms with van der Waals surface area (Å²) in [5.74, 6) is -2.30. The van der Waals surface area contributed by atoms with Crippen molar-refractivity contribution in [2.45, 2.75) is 15.7 Å². The largest absolute Gasteiger partial charge is 0.414 e. The maximum Gasteiger partial charge on any atom is 0.412 e. The maximum absolute atomic E-state index is 12.1. The lowest BCUT2D eigenvalue weighted by atomic mass is 9.68. The molecule has 0 radical (unpaired) electrons. The predicted molar refractivity (Wildman–Crippen MR) is 113 cm³/mol. The lowest BCUT2D eigenvalue weighted by molar-refractivity contribution is 0.168. The first-order valence-corrected chi connectivity index (χ1v) is 13.3. The Hall–Kier alpha value is -2.82. The number of rotatable bonds is 4. The molecule has 0 aliphatic heterocycles. The van der Waals surface area contributed by atoms with Gasteiger partial charge in [0.25, 0.3) is 30.4 Å². The molecule has 1 aromatic rings. The lowest BCUT2D eigenvalue weighted by Gasteiger charge is -2.39. The summed E-state index contributed by atoms with van der Waals surface area (Å²) < 4.78 is 107. The van der Waals surface area contributed by atoms with Gasteiger partial charge in [-0.1, -0.05) is 24.3 Å². The van der Waals surface area contributed by atoms with Crippen molar-refractivity contribution in [3.8, 4) is 0 Å². The standard InChI is InChI=1S/C18H15NO11S3/c1-19-18(20)30-12-6-13(31(21,22)23)9-4-5-11-15(33(27,28)29)7-14(32(24,25)26)10-3-2-8(12)16(9)17(10)11/h2-8,16H,1H3,(H,19,20)(H,21,22,23)(H,24,25,26)(H,27,28,29). The van der Waals surface area contributed by atoms with E-state index in [9.17, 15) is 43.7 Å². The molecule has 2 atom stereocenters. The molecule has 0 saturated heterocycles. The van der Waals surface area contributed by atoms with Crippen LogP contribution in [-0.2, 0) is 35.1 Å². The molecule has 3 aliphatic carbocycles. The summed E-state index contributed by atoms with van der Waals surface area (Å²) in [6, 6.07) is 0.590. The minimum atomic E-state index is -5.00. The van der Waals surface area contributed by atoms with Crippen LogP contribution in [0, 0.1) is 5.92 Å². The van der Waals surface area contributed by atoms with Crippen molar-refractivity contribution in [3.05, 3.63) is 57.2 Å². The Morgan fingerprint density at radius 3 is 2.00 bits per heavy atom. The van der Waals surface area contributed by atoms with Gasteiger partial charge < -0.3 is 10.1 Å². The van der Waals surface area contributed by atoms with E-state index in [-0.39, 0.29) is 28.0 Å². The molecule has 33 heavy (non-hydrogen) atoms. The summed E-state index contributed by atoms with van der Waals surface area (Å²) in [7, 11) is -13.6. The molecule has 4 rings (SSSR count). The minimum Gasteiger partial charge on any atom is -0.414 e. The summed E-state index contributed by atoms with van der Waals surface area (Å²) in [6.07, 6.45) is 4.93. The van der Waals surface area contributed by atoms with Crippen LogP contribution >= 0.6 is 0 Å². The molecule has 4 N–H and O–H groups in total. The topological polar surface area (TPSA) is 201 Å². The van der Waals surface area contributed by atoms with E-state index in [0.717, 1.165) is 12.2 Å². The zero-order chi connectivity index (χ0) is 24.5. The highest BCUT2D eigenvalue weighted by atomic mass is 32.2. The highest BCUT2D eigenvalue weighted by Gasteiger charge is 2.44. The maximum atomic E-state index is 12.1. The van der Waals surface area contributed by atoms with Gasteiger partial charge in [-0.05, 0) is 28.8 Å². The number of amides is 1. The van der Waals surface area contributed by atoms with Gasteiger partial charge in [0.15, 0.2) is 0 Å². The van der Waals surface area contributed by atoms with Gasteiger partial charge in [0.1, 0.15) is 20.5 Å². The molecule has 0 aromatic heterocycles. The SMILES string of the molecule is CNC(=O)OC1=CC(S(=O)(=O)O)=C2C=Cc3c(S(=O)(=O)O)cc(S(=O)(=O)O)c4c3C2C1C=C4. The first kappa shape index (κ1) is 23.3. The quantitative estimate of drug-likeness (QED) is 0.420. The first-order chi connectivity index (χ1) is 15.1. The van der Waals surface area contributed by atoms with Crippen molar-refractivity contribution < 1.29 is 48.4 Å². The van der Waals surface area contributed by atoms with E-state index < -0.39 is 63.0 Å². The molecule has 0 fully saturated rings. The molecule has 1 aromatic carbocycles. The molecular weight excluding hydrogens is 502 g/mol. The van der Waals surface area contributed by atoms with Crippen LogP contribution in [0.2, 0.25) is 0 Å². The first-order valence-electron chi connectivity index (χ1n) is 8.99. The second-order valence-corrected chi connectivity index (χ2v) is 11.4. The molecular formula is C18H15NO11S3. The third kappa shape index (κ3) is 3.81. The van der Waals surface area contributed by atoms with E-state index in [0.29, 0.717) is 6.07 Å². The molecule has 0 spiro atoms. The van der Waals surface area contributed by atoms with Crippen LogP contribution in [-0.4, -0.2) is 52.1 Å². The number of hydrogen-bond donors (Lipinski definition) is 4. The van der Waals surface area contributed by atoms with Crippen molar-refractivity contribution in [2.75, 3.05) is 7.05 Å². The van der Waals surface area contributed by atoms with E-state index in [2.05, 4.69) is 5.32 Å². The summed E-state index contributed by atoms with van der Waals surface area (Å²) >= 11 is 0. The predicted octanol–water partition coefficient (Wildman–Crippen LogP) is 1.33. The zero-order valence-electron chi connectivity index (χ0n) is 16.5. The molecule has 0 heterocycles. The number of alkyl carbamates (subject to hydrolysis) is 1. The molecule has 12 nitrogen and oxygen atoms in total. The average molecular weight is 518 g/mol. The average Bonchev–Trinajstić information content (AvgIpc) is 2.69. The van der Waals surface area contributed by atoms with Crippen LogP contribution in [0.3, 0.4) is 0 Å². The summed E-state index contributed by atoms with van der Waals surface area (Å²) in [5, 5.41) is 2.18. The van der Waals surface area contributed by atoms with Gasteiger partial charge >= 0.3 is 6.09 Å². The molecule has 176 valence electrons. The molecule has 0 bridgehead atoms. The Balaban J connectivity index is 2.15. The number of allylic oxidation sites excluding steroid dienone is 4. The monoisotopic (exact) mass is 517 g/mol. The number of carbonyl (C=O) groups is 1. The normalized spacial score (nSPS) is 21.4. The van der Waals surface area contributed by atoms with E-state index in [1.165, 1.54) is 25.3 Å². The van der Waals surface area contributed by atoms with Gasteiger partial charge in [-0.15, -0.1) is 0 Å². The summed E-state index contributed by atoms with van der Waals surface area (Å²) in [6.45, 7) is 0. The van der Waals surface area contributed by atoms with Crippen LogP contribution < -0.4 is 5.32 Å². The van der Waals surface area contributed by atoms with Crippen LogP contribution in [0.1, 0.15) is 22.6 Å². The highest BCUT2D eigenvalue weighted by molar-refractivity contribution is 7.90. The van der Waals surface area contributed by atoms with E-state index in [1.807, 2.05) is 0 Å². The summed E-state index contributed by atoms with van der Waals surface area (Å²) in [4.78, 5) is 9.49. The van der Waals surface area contributed by atoms with Crippen molar-refractivity contribution in [1.29, 1.82) is 0 Å². The summed E-state index contributed by atoms with van der Waals surface area (Å²) in [5.41, 5.74) is -0.411. The van der Waals surface area contributed by atoms with Crippen molar-refractivity contribution >= 4 is 48.6 Å². The fraction of sp³-hybridized carbons (Fsp3) is 0.167. The fourth-order valence-corrected chi connectivity index (χ4v) is 6.47. The number of nitrogens with one attached hydrogen (secondary N) is 1. The Morgan fingerprint density at radius 1 is 0.909 bits per heavy atom. The Labute approximate surface area is 188 Å². The Bertz CT molecular complexity index is 1560. The second kappa shape index (κ2) is 7.34. The van der Waals surface area contributed by atoms with E-state index in [4.69, 9.17) is 4.74 Å². The molecule has 1 amide bonds.